The molecule has 0 nitrogen and oxygen atoms in total. The Morgan fingerprint density at radius 2 is 1.57 bits per heavy atom. The second-order valence-electron chi connectivity index (χ2n) is 4.94. The van der Waals surface area contributed by atoms with Crippen LogP contribution in [0.2, 0.25) is 0 Å². The lowest BCUT2D eigenvalue weighted by molar-refractivity contribution is 0.507. The Labute approximate surface area is 89.8 Å². The summed E-state index contributed by atoms with van der Waals surface area (Å²) >= 11 is 0. The zero-order chi connectivity index (χ0) is 10.3. The van der Waals surface area contributed by atoms with Gasteiger partial charge in [0.1, 0.15) is 0 Å². The molecular weight excluding hydrogens is 168 g/mol. The van der Waals surface area contributed by atoms with Gasteiger partial charge in [0.2, 0.25) is 0 Å². The van der Waals surface area contributed by atoms with Crippen molar-refractivity contribution >= 4 is 0 Å². The first-order chi connectivity index (χ1) is 6.83. The lowest BCUT2D eigenvalue weighted by Gasteiger charge is -2.08. The van der Waals surface area contributed by atoms with E-state index in [9.17, 15) is 0 Å². The Balaban J connectivity index is 1.83. The zero-order valence-electron chi connectivity index (χ0n) is 9.86. The van der Waals surface area contributed by atoms with Crippen LogP contribution in [0, 0.1) is 5.41 Å². The molecule has 0 aromatic carbocycles. The second kappa shape index (κ2) is 6.27. The molecule has 0 heteroatoms. The van der Waals surface area contributed by atoms with Crippen LogP contribution in [-0.2, 0) is 0 Å². The molecule has 1 aliphatic carbocycles. The Kier molecular flexibility index (Phi) is 5.29. The Bertz CT molecular complexity index is 153. The van der Waals surface area contributed by atoms with Crippen LogP contribution in [-0.4, -0.2) is 0 Å². The van der Waals surface area contributed by atoms with E-state index < -0.39 is 0 Å². The van der Waals surface area contributed by atoms with E-state index in [2.05, 4.69) is 19.6 Å². The smallest absolute Gasteiger partial charge is 0.0120 e. The fraction of sp³-hybridized carbons (Fsp3) is 0.857. The summed E-state index contributed by atoms with van der Waals surface area (Å²) in [7, 11) is 0. The third kappa shape index (κ3) is 4.30. The van der Waals surface area contributed by atoms with Crippen molar-refractivity contribution in [3.05, 3.63) is 12.7 Å². The SMILES string of the molecule is C=CC1(CCCCCCCCC)CC1. The average molecular weight is 194 g/mol. The van der Waals surface area contributed by atoms with E-state index in [0.29, 0.717) is 5.41 Å². The van der Waals surface area contributed by atoms with E-state index >= 15 is 0 Å². The van der Waals surface area contributed by atoms with E-state index in [0.717, 1.165) is 0 Å². The number of hydrogen-bond acceptors (Lipinski definition) is 0. The lowest BCUT2D eigenvalue weighted by atomic mass is 9.98. The highest BCUT2D eigenvalue weighted by molar-refractivity contribution is 5.05. The molecule has 82 valence electrons. The van der Waals surface area contributed by atoms with Gasteiger partial charge in [0.15, 0.2) is 0 Å². The van der Waals surface area contributed by atoms with Crippen molar-refractivity contribution in [3.8, 4) is 0 Å². The van der Waals surface area contributed by atoms with Crippen LogP contribution in [0.1, 0.15) is 71.1 Å². The Hall–Kier alpha value is -0.260. The van der Waals surface area contributed by atoms with Gasteiger partial charge in [-0.1, -0.05) is 57.9 Å². The van der Waals surface area contributed by atoms with Gasteiger partial charge in [0, 0.05) is 0 Å². The predicted molar refractivity (Wildman–Crippen MR) is 64.5 cm³/mol. The van der Waals surface area contributed by atoms with Gasteiger partial charge in [-0.15, -0.1) is 6.58 Å². The van der Waals surface area contributed by atoms with Crippen LogP contribution in [0.5, 0.6) is 0 Å². The molecule has 0 saturated heterocycles. The summed E-state index contributed by atoms with van der Waals surface area (Å²) in [6, 6.07) is 0. The molecule has 0 unspecified atom stereocenters. The molecule has 0 radical (unpaired) electrons. The minimum Gasteiger partial charge on any atom is -0.103 e. The fourth-order valence-corrected chi connectivity index (χ4v) is 2.15. The van der Waals surface area contributed by atoms with Crippen LogP contribution >= 0.6 is 0 Å². The van der Waals surface area contributed by atoms with Crippen LogP contribution in [0.15, 0.2) is 12.7 Å². The summed E-state index contributed by atoms with van der Waals surface area (Å²) < 4.78 is 0. The molecule has 0 aromatic rings. The van der Waals surface area contributed by atoms with Gasteiger partial charge in [-0.2, -0.15) is 0 Å². The standard InChI is InChI=1S/C14H26/c1-3-5-6-7-8-9-10-11-14(4-2)12-13-14/h4H,2-3,5-13H2,1H3. The topological polar surface area (TPSA) is 0 Å². The van der Waals surface area contributed by atoms with Crippen LogP contribution in [0.3, 0.4) is 0 Å². The maximum atomic E-state index is 3.93. The van der Waals surface area contributed by atoms with Gasteiger partial charge in [-0.3, -0.25) is 0 Å². The van der Waals surface area contributed by atoms with Crippen molar-refractivity contribution < 1.29 is 0 Å². The highest BCUT2D eigenvalue weighted by Crippen LogP contribution is 2.50. The monoisotopic (exact) mass is 194 g/mol. The van der Waals surface area contributed by atoms with Gasteiger partial charge in [-0.05, 0) is 24.7 Å². The molecule has 0 heterocycles. The highest BCUT2D eigenvalue weighted by atomic mass is 14.4. The van der Waals surface area contributed by atoms with Crippen molar-refractivity contribution in [1.82, 2.24) is 0 Å². The third-order valence-corrected chi connectivity index (χ3v) is 3.60. The number of unbranched alkanes of at least 4 members (excludes halogenated alkanes) is 6. The molecule has 0 aliphatic heterocycles. The third-order valence-electron chi connectivity index (χ3n) is 3.60. The quantitative estimate of drug-likeness (QED) is 0.354. The summed E-state index contributed by atoms with van der Waals surface area (Å²) in [4.78, 5) is 0. The lowest BCUT2D eigenvalue weighted by Crippen LogP contribution is -1.94. The first-order valence-corrected chi connectivity index (χ1v) is 6.46. The van der Waals surface area contributed by atoms with E-state index in [1.165, 1.54) is 64.2 Å². The maximum absolute atomic E-state index is 3.93. The van der Waals surface area contributed by atoms with Crippen LogP contribution in [0.25, 0.3) is 0 Å². The van der Waals surface area contributed by atoms with E-state index in [4.69, 9.17) is 0 Å². The molecule has 1 rings (SSSR count). The molecule has 0 bridgehead atoms. The largest absolute Gasteiger partial charge is 0.103 e. The van der Waals surface area contributed by atoms with Crippen molar-refractivity contribution in [2.24, 2.45) is 5.41 Å². The van der Waals surface area contributed by atoms with Crippen molar-refractivity contribution in [1.29, 1.82) is 0 Å². The van der Waals surface area contributed by atoms with E-state index in [1.54, 1.807) is 0 Å². The summed E-state index contributed by atoms with van der Waals surface area (Å²) in [6.07, 6.45) is 16.4. The summed E-state index contributed by atoms with van der Waals surface area (Å²) in [5, 5.41) is 0. The molecule has 0 N–H and O–H groups in total. The van der Waals surface area contributed by atoms with Gasteiger partial charge < -0.3 is 0 Å². The molecule has 1 aliphatic rings. The first kappa shape index (κ1) is 11.8. The normalized spacial score (nSPS) is 18.1. The number of rotatable bonds is 9. The predicted octanol–water partition coefficient (Wildman–Crippen LogP) is 5.09. The molecule has 0 amide bonds. The summed E-state index contributed by atoms with van der Waals surface area (Å²) in [6.45, 7) is 6.21. The van der Waals surface area contributed by atoms with E-state index in [-0.39, 0.29) is 0 Å². The molecule has 0 aromatic heterocycles. The van der Waals surface area contributed by atoms with E-state index in [1.807, 2.05) is 0 Å². The number of hydrogen-bond donors (Lipinski definition) is 0. The van der Waals surface area contributed by atoms with Crippen LogP contribution < -0.4 is 0 Å². The molecule has 0 spiro atoms. The highest BCUT2D eigenvalue weighted by Gasteiger charge is 2.38. The van der Waals surface area contributed by atoms with Gasteiger partial charge in [-0.25, -0.2) is 0 Å². The zero-order valence-corrected chi connectivity index (χ0v) is 9.86. The fourth-order valence-electron chi connectivity index (χ4n) is 2.15. The summed E-state index contributed by atoms with van der Waals surface area (Å²) in [5.41, 5.74) is 0.601. The minimum absolute atomic E-state index is 0.601. The van der Waals surface area contributed by atoms with Crippen molar-refractivity contribution in [2.75, 3.05) is 0 Å². The molecule has 1 fully saturated rings. The maximum Gasteiger partial charge on any atom is -0.0120 e. The molecule has 1 saturated carbocycles. The minimum atomic E-state index is 0.601. The first-order valence-electron chi connectivity index (χ1n) is 6.46. The van der Waals surface area contributed by atoms with Crippen LogP contribution in [0.4, 0.5) is 0 Å². The van der Waals surface area contributed by atoms with Gasteiger partial charge in [0.25, 0.3) is 0 Å². The Morgan fingerprint density at radius 1 is 1.00 bits per heavy atom. The van der Waals surface area contributed by atoms with Crippen molar-refractivity contribution in [2.45, 2.75) is 71.1 Å². The van der Waals surface area contributed by atoms with Gasteiger partial charge >= 0.3 is 0 Å². The average Bonchev–Trinajstić information content (AvgIpc) is 2.98. The molecule has 14 heavy (non-hydrogen) atoms. The second-order valence-corrected chi connectivity index (χ2v) is 4.94. The Morgan fingerprint density at radius 3 is 2.07 bits per heavy atom. The summed E-state index contributed by atoms with van der Waals surface area (Å²) in [5.74, 6) is 0. The molecular formula is C14H26. The van der Waals surface area contributed by atoms with Crippen molar-refractivity contribution in [3.63, 3.8) is 0 Å². The molecule has 0 atom stereocenters. The number of allylic oxidation sites excluding steroid dienone is 1. The van der Waals surface area contributed by atoms with Gasteiger partial charge in [0.05, 0.1) is 0 Å².